The van der Waals surface area contributed by atoms with Gasteiger partial charge >= 0.3 is 5.97 Å². The quantitative estimate of drug-likeness (QED) is 0.392. The highest BCUT2D eigenvalue weighted by Gasteiger charge is 2.26. The normalized spacial score (nSPS) is 17.1. The number of nitrogens with zero attached hydrogens (tertiary/aromatic N) is 1. The highest BCUT2D eigenvalue weighted by molar-refractivity contribution is 6.45. The van der Waals surface area contributed by atoms with E-state index in [-0.39, 0.29) is 17.2 Å². The van der Waals surface area contributed by atoms with Crippen molar-refractivity contribution in [3.63, 3.8) is 0 Å². The Balaban J connectivity index is 1.81. The topological polar surface area (TPSA) is 112 Å². The van der Waals surface area contributed by atoms with E-state index in [0.717, 1.165) is 5.56 Å². The largest absolute Gasteiger partial charge is 0.481 e. The summed E-state index contributed by atoms with van der Waals surface area (Å²) in [5, 5.41) is 9.42. The summed E-state index contributed by atoms with van der Waals surface area (Å²) >= 11 is 0. The first-order valence-corrected chi connectivity index (χ1v) is 11.0. The third kappa shape index (κ3) is 4.37. The Labute approximate surface area is 197 Å². The second-order valence-electron chi connectivity index (χ2n) is 8.47. The Hall–Kier alpha value is -4.13. The summed E-state index contributed by atoms with van der Waals surface area (Å²) in [6.45, 7) is 3.81. The second kappa shape index (κ2) is 9.39. The van der Waals surface area contributed by atoms with Crippen molar-refractivity contribution < 1.29 is 24.2 Å². The number of hydrogen-bond acceptors (Lipinski definition) is 4. The number of carbonyl (C=O) groups excluding carboxylic acids is 2. The summed E-state index contributed by atoms with van der Waals surface area (Å²) in [5.74, 6) is -2.20. The Morgan fingerprint density at radius 3 is 2.53 bits per heavy atom. The van der Waals surface area contributed by atoms with E-state index in [1.165, 1.54) is 5.56 Å². The molecule has 0 aliphatic heterocycles. The molecule has 0 saturated carbocycles. The monoisotopic (exact) mass is 458 g/mol. The van der Waals surface area contributed by atoms with Crippen LogP contribution in [0.15, 0.2) is 66.8 Å². The predicted octanol–water partition coefficient (Wildman–Crippen LogP) is 3.98. The van der Waals surface area contributed by atoms with E-state index >= 15 is 0 Å². The molecular formula is C27H26N2O5. The summed E-state index contributed by atoms with van der Waals surface area (Å²) in [7, 11) is 0. The van der Waals surface area contributed by atoms with E-state index in [2.05, 4.69) is 43.4 Å². The number of hydrogen-bond donors (Lipinski definition) is 2. The zero-order valence-electron chi connectivity index (χ0n) is 19.0. The van der Waals surface area contributed by atoms with Crippen LogP contribution >= 0.6 is 0 Å². The van der Waals surface area contributed by atoms with Gasteiger partial charge in [0.2, 0.25) is 0 Å². The molecule has 7 nitrogen and oxygen atoms in total. The van der Waals surface area contributed by atoms with Crippen molar-refractivity contribution >= 4 is 28.6 Å². The van der Waals surface area contributed by atoms with Crippen LogP contribution in [-0.2, 0) is 16.1 Å². The highest BCUT2D eigenvalue weighted by Crippen LogP contribution is 2.35. The SMILES string of the molecule is Cc1c(C(=O)C(N)=O)c2c(OCC(=O)O)cccc2n1Cc1cccc(C2C=CC=CC2C)c1. The molecule has 0 radical (unpaired) electrons. The first kappa shape index (κ1) is 23.0. The van der Waals surface area contributed by atoms with Gasteiger partial charge in [0.15, 0.2) is 6.61 Å². The molecule has 3 aromatic rings. The molecule has 2 unspecified atom stereocenters. The first-order valence-electron chi connectivity index (χ1n) is 11.0. The van der Waals surface area contributed by atoms with Crippen molar-refractivity contribution in [3.8, 4) is 5.75 Å². The molecule has 3 N–H and O–H groups in total. The van der Waals surface area contributed by atoms with Crippen LogP contribution in [0.1, 0.15) is 40.0 Å². The van der Waals surface area contributed by atoms with Gasteiger partial charge in [-0.3, -0.25) is 9.59 Å². The number of carboxylic acids is 1. The maximum absolute atomic E-state index is 12.8. The number of ketones is 1. The lowest BCUT2D eigenvalue weighted by atomic mass is 9.84. The van der Waals surface area contributed by atoms with Gasteiger partial charge in [-0.15, -0.1) is 0 Å². The number of aromatic nitrogens is 1. The molecule has 2 atom stereocenters. The Morgan fingerprint density at radius 2 is 1.82 bits per heavy atom. The molecule has 1 heterocycles. The first-order chi connectivity index (χ1) is 16.3. The Morgan fingerprint density at radius 1 is 1.09 bits per heavy atom. The molecular weight excluding hydrogens is 432 g/mol. The molecule has 1 aliphatic carbocycles. The van der Waals surface area contributed by atoms with Gasteiger partial charge in [0.05, 0.1) is 16.5 Å². The van der Waals surface area contributed by atoms with E-state index in [1.54, 1.807) is 19.1 Å². The van der Waals surface area contributed by atoms with E-state index in [9.17, 15) is 14.4 Å². The van der Waals surface area contributed by atoms with Crippen LogP contribution in [0.5, 0.6) is 5.75 Å². The summed E-state index contributed by atoms with van der Waals surface area (Å²) in [6.07, 6.45) is 8.49. The molecule has 0 fully saturated rings. The van der Waals surface area contributed by atoms with Crippen LogP contribution in [0, 0.1) is 12.8 Å². The summed E-state index contributed by atoms with van der Waals surface area (Å²) in [6, 6.07) is 13.4. The van der Waals surface area contributed by atoms with Gasteiger partial charge in [0.25, 0.3) is 11.7 Å². The van der Waals surface area contributed by atoms with Gasteiger partial charge in [-0.25, -0.2) is 4.79 Å². The van der Waals surface area contributed by atoms with Crippen molar-refractivity contribution in [1.82, 2.24) is 4.57 Å². The minimum absolute atomic E-state index is 0.133. The Kier molecular flexibility index (Phi) is 6.36. The maximum atomic E-state index is 12.8. The molecule has 0 spiro atoms. The van der Waals surface area contributed by atoms with E-state index < -0.39 is 24.3 Å². The zero-order valence-corrected chi connectivity index (χ0v) is 19.0. The Bertz CT molecular complexity index is 1350. The molecule has 1 aromatic heterocycles. The zero-order chi connectivity index (χ0) is 24.4. The van der Waals surface area contributed by atoms with E-state index in [4.69, 9.17) is 15.6 Å². The van der Waals surface area contributed by atoms with Gasteiger partial charge in [-0.2, -0.15) is 0 Å². The van der Waals surface area contributed by atoms with Crippen molar-refractivity contribution in [2.75, 3.05) is 6.61 Å². The second-order valence-corrected chi connectivity index (χ2v) is 8.47. The van der Waals surface area contributed by atoms with Gasteiger partial charge in [0.1, 0.15) is 5.75 Å². The number of allylic oxidation sites excluding steroid dienone is 4. The standard InChI is InChI=1S/C27H26N2O5/c1-16-7-3-4-10-20(16)19-9-5-8-18(13-19)14-29-17(2)24(26(32)27(28)33)25-21(29)11-6-12-22(25)34-15-23(30)31/h3-13,16,20H,14-15H2,1-2H3,(H2,28,33)(H,30,31). The fraction of sp³-hybridized carbons (Fsp3) is 0.222. The number of ether oxygens (including phenoxy) is 1. The molecule has 174 valence electrons. The number of nitrogens with two attached hydrogens (primary N) is 1. The van der Waals surface area contributed by atoms with Crippen LogP contribution in [-0.4, -0.2) is 33.9 Å². The summed E-state index contributed by atoms with van der Waals surface area (Å²) in [4.78, 5) is 35.6. The number of primary amides is 1. The lowest BCUT2D eigenvalue weighted by Crippen LogP contribution is -2.24. The minimum atomic E-state index is -1.14. The lowest BCUT2D eigenvalue weighted by Gasteiger charge is -2.21. The lowest BCUT2D eigenvalue weighted by molar-refractivity contribution is -0.139. The maximum Gasteiger partial charge on any atom is 0.341 e. The summed E-state index contributed by atoms with van der Waals surface area (Å²) in [5.41, 5.74) is 8.91. The van der Waals surface area contributed by atoms with Crippen molar-refractivity contribution in [2.24, 2.45) is 11.7 Å². The third-order valence-corrected chi connectivity index (χ3v) is 6.20. The summed E-state index contributed by atoms with van der Waals surface area (Å²) < 4.78 is 7.38. The van der Waals surface area contributed by atoms with Gasteiger partial charge < -0.3 is 20.1 Å². The number of Topliss-reactive ketones (excluding diaryl/α,β-unsaturated/α-hetero) is 1. The minimum Gasteiger partial charge on any atom is -0.481 e. The molecule has 1 aliphatic rings. The molecule has 1 amide bonds. The number of amides is 1. The van der Waals surface area contributed by atoms with Crippen molar-refractivity contribution in [3.05, 3.63) is 89.2 Å². The number of aliphatic carboxylic acids is 1. The number of fused-ring (bicyclic) bond motifs is 1. The van der Waals surface area contributed by atoms with Crippen LogP contribution in [0.25, 0.3) is 10.9 Å². The molecule has 0 bridgehead atoms. The predicted molar refractivity (Wildman–Crippen MR) is 129 cm³/mol. The molecule has 2 aromatic carbocycles. The van der Waals surface area contributed by atoms with Crippen LogP contribution in [0.3, 0.4) is 0 Å². The third-order valence-electron chi connectivity index (χ3n) is 6.20. The van der Waals surface area contributed by atoms with Gasteiger partial charge in [-0.1, -0.05) is 61.6 Å². The average molecular weight is 459 g/mol. The number of carbonyl (C=O) groups is 3. The van der Waals surface area contributed by atoms with Gasteiger partial charge in [-0.05, 0) is 36.1 Å². The number of carboxylic acid groups (broad SMARTS) is 1. The van der Waals surface area contributed by atoms with Gasteiger partial charge in [0, 0.05) is 18.2 Å². The van der Waals surface area contributed by atoms with E-state index in [0.29, 0.717) is 29.1 Å². The van der Waals surface area contributed by atoms with Crippen molar-refractivity contribution in [1.29, 1.82) is 0 Å². The van der Waals surface area contributed by atoms with E-state index in [1.807, 2.05) is 22.8 Å². The number of rotatable bonds is 8. The smallest absolute Gasteiger partial charge is 0.341 e. The average Bonchev–Trinajstić information content (AvgIpc) is 3.09. The molecule has 7 heteroatoms. The van der Waals surface area contributed by atoms with Crippen LogP contribution in [0.4, 0.5) is 0 Å². The fourth-order valence-electron chi connectivity index (χ4n) is 4.57. The highest BCUT2D eigenvalue weighted by atomic mass is 16.5. The molecule has 34 heavy (non-hydrogen) atoms. The molecule has 4 rings (SSSR count). The molecule has 0 saturated heterocycles. The fourth-order valence-corrected chi connectivity index (χ4v) is 4.57. The number of benzene rings is 2. The van der Waals surface area contributed by atoms with Crippen molar-refractivity contribution in [2.45, 2.75) is 26.3 Å². The van der Waals surface area contributed by atoms with Crippen LogP contribution in [0.2, 0.25) is 0 Å². The van der Waals surface area contributed by atoms with Crippen LogP contribution < -0.4 is 10.5 Å².